The second kappa shape index (κ2) is 8.90. The normalized spacial score (nSPS) is 17.5. The molecule has 1 atom stereocenters. The summed E-state index contributed by atoms with van der Waals surface area (Å²) >= 11 is 0. The lowest BCUT2D eigenvalue weighted by molar-refractivity contribution is -0.377. The highest BCUT2D eigenvalue weighted by atomic mass is 16.6. The summed E-state index contributed by atoms with van der Waals surface area (Å²) in [4.78, 5) is 30.4. The number of carbonyl (C=O) groups excluding carboxylic acids is 1. The molecule has 0 saturated heterocycles. The average molecular weight is 464 g/mol. The van der Waals surface area contributed by atoms with Crippen LogP contribution >= 0.6 is 0 Å². The molecule has 6 nitrogen and oxygen atoms in total. The second-order valence-electron chi connectivity index (χ2n) is 10.9. The Morgan fingerprint density at radius 1 is 1.21 bits per heavy atom. The Hall–Kier alpha value is -3.15. The number of ether oxygens (including phenoxy) is 1. The maximum atomic E-state index is 12.8. The third kappa shape index (κ3) is 5.01. The van der Waals surface area contributed by atoms with E-state index in [0.29, 0.717) is 29.9 Å². The van der Waals surface area contributed by atoms with Gasteiger partial charge in [-0.3, -0.25) is 4.79 Å². The van der Waals surface area contributed by atoms with Crippen molar-refractivity contribution in [1.29, 1.82) is 0 Å². The van der Waals surface area contributed by atoms with Crippen LogP contribution in [0.25, 0.3) is 22.1 Å². The summed E-state index contributed by atoms with van der Waals surface area (Å²) in [6.07, 6.45) is 5.65. The van der Waals surface area contributed by atoms with Crippen molar-refractivity contribution in [3.8, 4) is 11.1 Å². The van der Waals surface area contributed by atoms with E-state index in [4.69, 9.17) is 9.15 Å². The minimum atomic E-state index is -0.475. The van der Waals surface area contributed by atoms with E-state index >= 15 is 0 Å². The fraction of sp³-hybridized carbons (Fsp3) is 0.464. The van der Waals surface area contributed by atoms with Crippen molar-refractivity contribution in [2.45, 2.75) is 77.9 Å². The van der Waals surface area contributed by atoms with Gasteiger partial charge in [0.15, 0.2) is 12.4 Å². The Labute approximate surface area is 200 Å². The first-order valence-electron chi connectivity index (χ1n) is 12.0. The molecule has 0 bridgehead atoms. The quantitative estimate of drug-likeness (QED) is 0.370. The molecule has 1 N–H and O–H groups in total. The van der Waals surface area contributed by atoms with Gasteiger partial charge in [0.2, 0.25) is 0 Å². The lowest BCUT2D eigenvalue weighted by Gasteiger charge is -2.47. The molecule has 3 aromatic rings. The zero-order valence-corrected chi connectivity index (χ0v) is 21.0. The van der Waals surface area contributed by atoms with E-state index in [0.717, 1.165) is 29.6 Å². The van der Waals surface area contributed by atoms with Crippen LogP contribution in [0.1, 0.15) is 72.3 Å². The van der Waals surface area contributed by atoms with Crippen LogP contribution in [0.2, 0.25) is 0 Å². The van der Waals surface area contributed by atoms with Gasteiger partial charge in [0.25, 0.3) is 0 Å². The first kappa shape index (κ1) is 24.0. The van der Waals surface area contributed by atoms with Gasteiger partial charge >= 0.3 is 11.6 Å². The highest BCUT2D eigenvalue weighted by molar-refractivity contribution is 5.87. The van der Waals surface area contributed by atoms with Crippen molar-refractivity contribution in [2.75, 3.05) is 11.4 Å². The highest BCUT2D eigenvalue weighted by Gasteiger charge is 2.36. The summed E-state index contributed by atoms with van der Waals surface area (Å²) in [5.41, 5.74) is 3.36. The largest absolute Gasteiger partial charge is 0.460 e. The molecule has 3 heterocycles. The monoisotopic (exact) mass is 463 g/mol. The number of esters is 1. The van der Waals surface area contributed by atoms with Crippen LogP contribution in [0.3, 0.4) is 0 Å². The molecular weight excluding hydrogens is 428 g/mol. The van der Waals surface area contributed by atoms with Crippen LogP contribution in [0.5, 0.6) is 0 Å². The van der Waals surface area contributed by atoms with Crippen LogP contribution in [0.4, 0.5) is 5.69 Å². The molecule has 0 fully saturated rings. The number of hydrogen-bond donors (Lipinski definition) is 0. The third-order valence-electron chi connectivity index (χ3n) is 6.45. The van der Waals surface area contributed by atoms with E-state index in [-0.39, 0.29) is 17.1 Å². The molecule has 6 heteroatoms. The van der Waals surface area contributed by atoms with Crippen LogP contribution in [0, 0.1) is 0 Å². The van der Waals surface area contributed by atoms with E-state index in [1.165, 1.54) is 5.56 Å². The molecule has 4 rings (SSSR count). The van der Waals surface area contributed by atoms with Crippen molar-refractivity contribution in [3.05, 3.63) is 58.7 Å². The minimum absolute atomic E-state index is 0.0885. The second-order valence-corrected chi connectivity index (χ2v) is 10.9. The van der Waals surface area contributed by atoms with Crippen molar-refractivity contribution in [1.82, 2.24) is 0 Å². The SMILES string of the molecule is CC1CC(C)(C)N(CCCC(=O)OC(C)(C)C)c2cc3oc(=O)c(-c4cc[nH+]cc4)cc3cc21. The fourth-order valence-corrected chi connectivity index (χ4v) is 5.06. The van der Waals surface area contributed by atoms with E-state index in [2.05, 4.69) is 36.7 Å². The first-order chi connectivity index (χ1) is 15.9. The highest BCUT2D eigenvalue weighted by Crippen LogP contribution is 2.45. The van der Waals surface area contributed by atoms with Gasteiger partial charge in [0, 0.05) is 53.3 Å². The molecular formula is C28H35N2O4+. The molecule has 1 unspecified atom stereocenters. The molecule has 1 aromatic carbocycles. The number of nitrogens with zero attached hydrogens (tertiary/aromatic N) is 1. The lowest BCUT2D eigenvalue weighted by atomic mass is 9.79. The third-order valence-corrected chi connectivity index (χ3v) is 6.45. The number of hydrogen-bond acceptors (Lipinski definition) is 5. The van der Waals surface area contributed by atoms with Crippen LogP contribution < -0.4 is 15.5 Å². The Bertz CT molecular complexity index is 1260. The number of pyridine rings is 1. The Morgan fingerprint density at radius 3 is 2.59 bits per heavy atom. The molecule has 2 aromatic heterocycles. The number of rotatable bonds is 5. The predicted octanol–water partition coefficient (Wildman–Crippen LogP) is 5.49. The predicted molar refractivity (Wildman–Crippen MR) is 134 cm³/mol. The number of aromatic nitrogens is 1. The van der Waals surface area contributed by atoms with Crippen LogP contribution in [0.15, 0.2) is 51.9 Å². The number of H-pyrrole nitrogens is 1. The van der Waals surface area contributed by atoms with E-state index < -0.39 is 5.60 Å². The van der Waals surface area contributed by atoms with Gasteiger partial charge in [0.05, 0.1) is 5.56 Å². The van der Waals surface area contributed by atoms with Crippen LogP contribution in [-0.2, 0) is 9.53 Å². The van der Waals surface area contributed by atoms with Crippen LogP contribution in [-0.4, -0.2) is 23.7 Å². The van der Waals surface area contributed by atoms with Gasteiger partial charge in [-0.15, -0.1) is 0 Å². The van der Waals surface area contributed by atoms with Crippen molar-refractivity contribution < 1.29 is 18.9 Å². The summed E-state index contributed by atoms with van der Waals surface area (Å²) < 4.78 is 11.3. The van der Waals surface area contributed by atoms with Gasteiger partial charge in [-0.1, -0.05) is 6.92 Å². The van der Waals surface area contributed by atoms with E-state index in [1.807, 2.05) is 45.0 Å². The van der Waals surface area contributed by atoms with E-state index in [1.54, 1.807) is 12.4 Å². The lowest BCUT2D eigenvalue weighted by Crippen LogP contribution is -2.48. The molecule has 0 radical (unpaired) electrons. The maximum absolute atomic E-state index is 12.8. The molecule has 0 aliphatic carbocycles. The Morgan fingerprint density at radius 2 is 1.91 bits per heavy atom. The minimum Gasteiger partial charge on any atom is -0.460 e. The Balaban J connectivity index is 1.67. The number of nitrogens with one attached hydrogen (secondary N) is 1. The molecule has 0 saturated carbocycles. The zero-order chi connectivity index (χ0) is 24.7. The summed E-state index contributed by atoms with van der Waals surface area (Å²) in [5, 5.41) is 0.918. The standard InChI is InChI=1S/C28H34N2O4/c1-18-17-28(5,6)30(13-7-8-25(31)34-27(2,3)4)23-16-24-20(14-21(18)23)15-22(26(32)33-24)19-9-11-29-12-10-19/h9-12,14-16,18H,7-8,13,17H2,1-6H3/p+1. The van der Waals surface area contributed by atoms with Gasteiger partial charge in [-0.2, -0.15) is 0 Å². The number of aromatic amines is 1. The molecule has 0 spiro atoms. The van der Waals surface area contributed by atoms with Gasteiger partial charge in [-0.05, 0) is 71.1 Å². The average Bonchev–Trinajstić information content (AvgIpc) is 2.73. The molecule has 34 heavy (non-hydrogen) atoms. The summed E-state index contributed by atoms with van der Waals surface area (Å²) in [7, 11) is 0. The first-order valence-corrected chi connectivity index (χ1v) is 12.0. The molecule has 1 aliphatic heterocycles. The van der Waals surface area contributed by atoms with Crippen molar-refractivity contribution in [3.63, 3.8) is 0 Å². The number of carbonyl (C=O) groups is 1. The van der Waals surface area contributed by atoms with Gasteiger partial charge in [-0.25, -0.2) is 9.78 Å². The Kier molecular flexibility index (Phi) is 6.28. The fourth-order valence-electron chi connectivity index (χ4n) is 5.06. The van der Waals surface area contributed by atoms with Crippen molar-refractivity contribution >= 4 is 22.6 Å². The molecule has 0 amide bonds. The number of fused-ring (bicyclic) bond motifs is 2. The number of anilines is 1. The van der Waals surface area contributed by atoms with Crippen molar-refractivity contribution in [2.24, 2.45) is 0 Å². The summed E-state index contributed by atoms with van der Waals surface area (Å²) in [6.45, 7) is 13.1. The topological polar surface area (TPSA) is 73.9 Å². The smallest absolute Gasteiger partial charge is 0.344 e. The number of benzene rings is 1. The summed E-state index contributed by atoms with van der Waals surface area (Å²) in [5.74, 6) is 0.185. The maximum Gasteiger partial charge on any atom is 0.344 e. The zero-order valence-electron chi connectivity index (χ0n) is 21.0. The van der Waals surface area contributed by atoms with E-state index in [9.17, 15) is 9.59 Å². The molecule has 1 aliphatic rings. The summed E-state index contributed by atoms with van der Waals surface area (Å²) in [6, 6.07) is 9.82. The molecule has 180 valence electrons. The van der Waals surface area contributed by atoms with Gasteiger partial charge < -0.3 is 14.1 Å². The van der Waals surface area contributed by atoms with Gasteiger partial charge in [0.1, 0.15) is 11.2 Å².